The number of aromatic nitrogens is 5. The number of carboxylic acid groups (broad SMARTS) is 1. The molecule has 0 saturated carbocycles. The highest BCUT2D eigenvalue weighted by atomic mass is 32.2. The van der Waals surface area contributed by atoms with Crippen molar-refractivity contribution in [1.29, 1.82) is 0 Å². The van der Waals surface area contributed by atoms with Crippen LogP contribution in [0.2, 0.25) is 0 Å². The molecule has 4 N–H and O–H groups in total. The number of nitrogens with two attached hydrogens (primary N) is 1. The van der Waals surface area contributed by atoms with Crippen LogP contribution in [-0.2, 0) is 33.9 Å². The topological polar surface area (TPSA) is 164 Å². The van der Waals surface area contributed by atoms with Crippen LogP contribution in [0, 0.1) is 4.77 Å². The lowest BCUT2D eigenvalue weighted by atomic mass is 10.0. The van der Waals surface area contributed by atoms with Crippen molar-refractivity contribution in [1.82, 2.24) is 39.9 Å². The van der Waals surface area contributed by atoms with Gasteiger partial charge < -0.3 is 21.1 Å². The number of carbonyl (C=O) groups excluding carboxylic acids is 2. The molecule has 2 atom stereocenters. The number of likely N-dealkylation sites (N-methyl/N-ethyl adjacent to an activating group) is 1. The summed E-state index contributed by atoms with van der Waals surface area (Å²) < 4.78 is 3.40. The molecule has 0 aromatic carbocycles. The Morgan fingerprint density at radius 2 is 2.09 bits per heavy atom. The zero-order valence-electron chi connectivity index (χ0n) is 18.4. The summed E-state index contributed by atoms with van der Waals surface area (Å²) in [4.78, 5) is 44.5. The van der Waals surface area contributed by atoms with Gasteiger partial charge in [-0.15, -0.1) is 23.1 Å². The Morgan fingerprint density at radius 1 is 1.35 bits per heavy atom. The third-order valence-corrected chi connectivity index (χ3v) is 7.76. The molecule has 0 radical (unpaired) electrons. The molecule has 1 fully saturated rings. The van der Waals surface area contributed by atoms with Crippen molar-refractivity contribution in [3.63, 3.8) is 0 Å². The number of carbonyl (C=O) groups is 3. The number of anilines is 1. The van der Waals surface area contributed by atoms with Crippen LogP contribution in [0.4, 0.5) is 5.13 Å². The highest BCUT2D eigenvalue weighted by molar-refractivity contribution is 8.00. The van der Waals surface area contributed by atoms with Gasteiger partial charge in [0, 0.05) is 17.7 Å². The molecule has 2 amide bonds. The predicted molar refractivity (Wildman–Crippen MR) is 127 cm³/mol. The second-order valence-electron chi connectivity index (χ2n) is 8.01. The maximum atomic E-state index is 12.8. The van der Waals surface area contributed by atoms with Crippen LogP contribution in [0.25, 0.3) is 0 Å². The molecule has 0 unspecified atom stereocenters. The van der Waals surface area contributed by atoms with E-state index in [1.165, 1.54) is 32.7 Å². The summed E-state index contributed by atoms with van der Waals surface area (Å²) in [7, 11) is 3.87. The Kier molecular flexibility index (Phi) is 7.01. The van der Waals surface area contributed by atoms with E-state index in [9.17, 15) is 19.5 Å². The maximum absolute atomic E-state index is 12.8. The van der Waals surface area contributed by atoms with E-state index in [-0.39, 0.29) is 24.6 Å². The second-order valence-corrected chi connectivity index (χ2v) is 10.4. The van der Waals surface area contributed by atoms with Crippen LogP contribution in [-0.4, -0.2) is 95.3 Å². The molecule has 0 aliphatic carbocycles. The number of carboxylic acids is 1. The summed E-state index contributed by atoms with van der Waals surface area (Å²) in [5.74, 6) is -1.73. The van der Waals surface area contributed by atoms with Crippen LogP contribution in [0.3, 0.4) is 0 Å². The fraction of sp³-hybridized carbons (Fsp3) is 0.500. The monoisotopic (exact) mass is 525 g/mol. The lowest BCUT2D eigenvalue weighted by Crippen LogP contribution is -2.70. The molecule has 13 nitrogen and oxygen atoms in total. The second kappa shape index (κ2) is 9.81. The molecule has 16 heteroatoms. The van der Waals surface area contributed by atoms with E-state index in [1.807, 2.05) is 19.0 Å². The third kappa shape index (κ3) is 4.84. The minimum absolute atomic E-state index is 0.0104. The molecule has 2 aromatic heterocycles. The van der Waals surface area contributed by atoms with Gasteiger partial charge in [0.2, 0.25) is 10.7 Å². The van der Waals surface area contributed by atoms with Crippen molar-refractivity contribution in [2.45, 2.75) is 30.9 Å². The first-order valence-electron chi connectivity index (χ1n) is 10.2. The summed E-state index contributed by atoms with van der Waals surface area (Å²) in [6.45, 7) is 1.38. The first-order valence-corrected chi connectivity index (χ1v) is 12.5. The van der Waals surface area contributed by atoms with E-state index in [0.717, 1.165) is 6.54 Å². The number of hydrogen-bond donors (Lipinski definition) is 3. The molecule has 0 bridgehead atoms. The Labute approximate surface area is 207 Å². The largest absolute Gasteiger partial charge is 0.477 e. The van der Waals surface area contributed by atoms with Gasteiger partial charge in [0.05, 0.1) is 25.2 Å². The van der Waals surface area contributed by atoms with Crippen LogP contribution in [0.1, 0.15) is 5.69 Å². The summed E-state index contributed by atoms with van der Waals surface area (Å²) in [5.41, 5.74) is 6.50. The number of nitrogen functional groups attached to an aromatic ring is 1. The SMILES string of the molecule is CN(C)CCn1nnn(CC2=C(C(=O)O)N3C(=O)[C@@H](NC(=O)Cc4csc(N)n4)[C@H]3SC2)c1=S. The molecular weight excluding hydrogens is 502 g/mol. The number of amides is 2. The van der Waals surface area contributed by atoms with Crippen LogP contribution < -0.4 is 11.1 Å². The summed E-state index contributed by atoms with van der Waals surface area (Å²) in [5, 5.41) is 22.2. The number of rotatable bonds is 9. The number of tetrazole rings is 1. The molecule has 0 spiro atoms. The maximum Gasteiger partial charge on any atom is 0.352 e. The summed E-state index contributed by atoms with van der Waals surface area (Å²) in [6.07, 6.45) is -0.0104. The molecule has 2 aliphatic heterocycles. The first-order chi connectivity index (χ1) is 16.2. The Morgan fingerprint density at radius 3 is 2.74 bits per heavy atom. The summed E-state index contributed by atoms with van der Waals surface area (Å²) >= 11 is 8.03. The minimum Gasteiger partial charge on any atom is -0.477 e. The van der Waals surface area contributed by atoms with E-state index < -0.39 is 23.3 Å². The average Bonchev–Trinajstić information content (AvgIpc) is 3.34. The van der Waals surface area contributed by atoms with Crippen molar-refractivity contribution < 1.29 is 19.5 Å². The smallest absolute Gasteiger partial charge is 0.352 e. The van der Waals surface area contributed by atoms with Gasteiger partial charge in [-0.2, -0.15) is 0 Å². The molecular formula is C18H23N9O4S3. The molecule has 1 saturated heterocycles. The highest BCUT2D eigenvalue weighted by Crippen LogP contribution is 2.40. The van der Waals surface area contributed by atoms with Crippen molar-refractivity contribution in [3.05, 3.63) is 27.1 Å². The van der Waals surface area contributed by atoms with Crippen molar-refractivity contribution in [2.24, 2.45) is 0 Å². The normalized spacial score (nSPS) is 19.9. The fourth-order valence-corrected chi connectivity index (χ4v) is 5.75. The number of nitrogens with one attached hydrogen (secondary N) is 1. The zero-order chi connectivity index (χ0) is 24.6. The minimum atomic E-state index is -1.22. The number of β-lactam (4-membered cyclic amide) rings is 1. The molecule has 2 aromatic rings. The Hall–Kier alpha value is -2.82. The van der Waals surface area contributed by atoms with Gasteiger partial charge in [-0.1, -0.05) is 0 Å². The van der Waals surface area contributed by atoms with E-state index in [0.29, 0.717) is 33.5 Å². The summed E-state index contributed by atoms with van der Waals surface area (Å²) in [6, 6.07) is -0.807. The quantitative estimate of drug-likeness (QED) is 0.282. The van der Waals surface area contributed by atoms with Gasteiger partial charge in [0.15, 0.2) is 5.13 Å². The third-order valence-electron chi connectivity index (χ3n) is 5.27. The number of fused-ring (bicyclic) bond motifs is 1. The lowest BCUT2D eigenvalue weighted by molar-refractivity contribution is -0.150. The number of nitrogens with zero attached hydrogens (tertiary/aromatic N) is 7. The molecule has 4 rings (SSSR count). The van der Waals surface area contributed by atoms with Crippen LogP contribution >= 0.6 is 35.3 Å². The Bertz CT molecular complexity index is 1220. The van der Waals surface area contributed by atoms with Crippen LogP contribution in [0.15, 0.2) is 16.7 Å². The number of aliphatic carboxylic acids is 1. The highest BCUT2D eigenvalue weighted by Gasteiger charge is 2.54. The van der Waals surface area contributed by atoms with Gasteiger partial charge in [-0.25, -0.2) is 19.1 Å². The molecule has 34 heavy (non-hydrogen) atoms. The standard InChI is InChI=1S/C18H23N9O4S3/c1-24(2)3-4-25-18(32)26(23-22-25)6-9-7-33-15-12(14(29)27(15)13(9)16(30)31)21-11(28)5-10-8-34-17(19)20-10/h8,12,15H,3-7H2,1-2H3,(H2,19,20)(H,21,28)(H,30,31)/t12-,15-/m1/s1. The number of thioether (sulfide) groups is 1. The van der Waals surface area contributed by atoms with Crippen molar-refractivity contribution in [3.8, 4) is 0 Å². The van der Waals surface area contributed by atoms with Gasteiger partial charge >= 0.3 is 5.97 Å². The van der Waals surface area contributed by atoms with E-state index >= 15 is 0 Å². The van der Waals surface area contributed by atoms with Crippen molar-refractivity contribution in [2.75, 3.05) is 32.1 Å². The first kappa shape index (κ1) is 24.3. The van der Waals surface area contributed by atoms with Gasteiger partial charge in [-0.05, 0) is 42.3 Å². The van der Waals surface area contributed by atoms with Crippen molar-refractivity contribution >= 4 is 58.2 Å². The fourth-order valence-electron chi connectivity index (χ4n) is 3.62. The lowest BCUT2D eigenvalue weighted by Gasteiger charge is -2.49. The average molecular weight is 526 g/mol. The van der Waals surface area contributed by atoms with E-state index in [1.54, 1.807) is 10.1 Å². The Balaban J connectivity index is 1.47. The number of thiazole rings is 1. The number of hydrogen-bond acceptors (Lipinski definition) is 11. The molecule has 182 valence electrons. The van der Waals surface area contributed by atoms with E-state index in [4.69, 9.17) is 18.0 Å². The van der Waals surface area contributed by atoms with Gasteiger partial charge in [-0.3, -0.25) is 14.5 Å². The molecule has 2 aliphatic rings. The molecule has 4 heterocycles. The van der Waals surface area contributed by atoms with E-state index in [2.05, 4.69) is 20.7 Å². The van der Waals surface area contributed by atoms with Gasteiger partial charge in [0.25, 0.3) is 5.91 Å². The predicted octanol–water partition coefficient (Wildman–Crippen LogP) is -0.609. The zero-order valence-corrected chi connectivity index (χ0v) is 20.8. The van der Waals surface area contributed by atoms with Crippen LogP contribution in [0.5, 0.6) is 0 Å². The van der Waals surface area contributed by atoms with Gasteiger partial charge in [0.1, 0.15) is 17.1 Å².